The molecule has 2 heterocycles. The van der Waals surface area contributed by atoms with Gasteiger partial charge in [-0.05, 0) is 6.92 Å². The zero-order valence-corrected chi connectivity index (χ0v) is 13.0. The molecule has 1 amide bonds. The Balaban J connectivity index is 1.81. The van der Waals surface area contributed by atoms with Crippen LogP contribution in [0.5, 0.6) is 0 Å². The van der Waals surface area contributed by atoms with Gasteiger partial charge in [-0.2, -0.15) is 18.2 Å². The van der Waals surface area contributed by atoms with Gasteiger partial charge in [0.15, 0.2) is 0 Å². The second kappa shape index (κ2) is 6.04. The van der Waals surface area contributed by atoms with Crippen molar-refractivity contribution in [2.24, 2.45) is 0 Å². The van der Waals surface area contributed by atoms with Crippen LogP contribution in [-0.4, -0.2) is 26.1 Å². The molecule has 3 rings (SSSR count). The molecular weight excluding hydrogens is 343 g/mol. The van der Waals surface area contributed by atoms with Crippen LogP contribution in [0.15, 0.2) is 30.3 Å². The van der Waals surface area contributed by atoms with Gasteiger partial charge in [0.2, 0.25) is 11.8 Å². The SMILES string of the molecule is Cc1nc(-c2ccccc2)sc1C(=O)Nc1n[nH]c(C(F)(F)F)n1. The highest BCUT2D eigenvalue weighted by atomic mass is 32.1. The van der Waals surface area contributed by atoms with Crippen LogP contribution >= 0.6 is 11.3 Å². The molecule has 6 nitrogen and oxygen atoms in total. The first-order chi connectivity index (χ1) is 11.3. The fraction of sp³-hybridized carbons (Fsp3) is 0.143. The minimum absolute atomic E-state index is 0.284. The number of aromatic nitrogens is 4. The fourth-order valence-corrected chi connectivity index (χ4v) is 2.88. The van der Waals surface area contributed by atoms with Gasteiger partial charge in [0.25, 0.3) is 5.91 Å². The van der Waals surface area contributed by atoms with Crippen LogP contribution in [0.2, 0.25) is 0 Å². The maximum absolute atomic E-state index is 12.5. The Morgan fingerprint density at radius 3 is 2.54 bits per heavy atom. The molecule has 2 aromatic heterocycles. The van der Waals surface area contributed by atoms with E-state index in [2.05, 4.69) is 20.4 Å². The molecule has 2 N–H and O–H groups in total. The largest absolute Gasteiger partial charge is 0.451 e. The van der Waals surface area contributed by atoms with Crippen molar-refractivity contribution in [3.05, 3.63) is 46.7 Å². The summed E-state index contributed by atoms with van der Waals surface area (Å²) in [6.45, 7) is 1.65. The molecule has 3 aromatic rings. The summed E-state index contributed by atoms with van der Waals surface area (Å²) >= 11 is 1.14. The van der Waals surface area contributed by atoms with Crippen LogP contribution in [0.1, 0.15) is 21.2 Å². The molecule has 124 valence electrons. The second-order valence-corrected chi connectivity index (χ2v) is 5.76. The van der Waals surface area contributed by atoms with Gasteiger partial charge in [-0.3, -0.25) is 15.2 Å². The summed E-state index contributed by atoms with van der Waals surface area (Å²) in [5.41, 5.74) is 1.32. The molecule has 0 radical (unpaired) electrons. The number of hydrogen-bond acceptors (Lipinski definition) is 5. The van der Waals surface area contributed by atoms with Gasteiger partial charge in [-0.15, -0.1) is 16.4 Å². The van der Waals surface area contributed by atoms with Gasteiger partial charge >= 0.3 is 6.18 Å². The number of H-pyrrole nitrogens is 1. The number of aromatic amines is 1. The predicted octanol–water partition coefficient (Wildman–Crippen LogP) is 3.51. The van der Waals surface area contributed by atoms with Gasteiger partial charge in [-0.1, -0.05) is 30.3 Å². The number of halogens is 3. The number of nitrogens with zero attached hydrogens (tertiary/aromatic N) is 3. The monoisotopic (exact) mass is 353 g/mol. The average molecular weight is 353 g/mol. The topological polar surface area (TPSA) is 83.6 Å². The molecule has 1 aromatic carbocycles. The number of carbonyl (C=O) groups is 1. The van der Waals surface area contributed by atoms with Gasteiger partial charge in [-0.25, -0.2) is 4.98 Å². The molecule has 0 saturated heterocycles. The Hall–Kier alpha value is -2.75. The molecule has 10 heteroatoms. The van der Waals surface area contributed by atoms with Crippen molar-refractivity contribution in [1.29, 1.82) is 0 Å². The molecule has 0 bridgehead atoms. The number of rotatable bonds is 3. The van der Waals surface area contributed by atoms with Crippen molar-refractivity contribution in [2.45, 2.75) is 13.1 Å². The van der Waals surface area contributed by atoms with E-state index in [-0.39, 0.29) is 4.88 Å². The zero-order valence-electron chi connectivity index (χ0n) is 12.2. The smallest absolute Gasteiger partial charge is 0.288 e. The van der Waals surface area contributed by atoms with Gasteiger partial charge in [0.05, 0.1) is 5.69 Å². The van der Waals surface area contributed by atoms with Crippen LogP contribution in [0, 0.1) is 6.92 Å². The number of aryl methyl sites for hydroxylation is 1. The van der Waals surface area contributed by atoms with E-state index in [0.29, 0.717) is 10.7 Å². The maximum Gasteiger partial charge on any atom is 0.451 e. The number of benzene rings is 1. The van der Waals surface area contributed by atoms with Crippen LogP contribution in [0.4, 0.5) is 19.1 Å². The molecule has 0 aliphatic carbocycles. The zero-order chi connectivity index (χ0) is 17.3. The summed E-state index contributed by atoms with van der Waals surface area (Å²) in [4.78, 5) is 20.0. The lowest BCUT2D eigenvalue weighted by atomic mass is 10.2. The van der Waals surface area contributed by atoms with Crippen molar-refractivity contribution in [2.75, 3.05) is 5.32 Å². The first-order valence-corrected chi connectivity index (χ1v) is 7.50. The minimum Gasteiger partial charge on any atom is -0.288 e. The molecule has 0 aliphatic heterocycles. The number of alkyl halides is 3. The summed E-state index contributed by atoms with van der Waals surface area (Å²) in [7, 11) is 0. The molecule has 0 saturated carbocycles. The molecule has 24 heavy (non-hydrogen) atoms. The van der Waals surface area contributed by atoms with E-state index in [1.807, 2.05) is 30.3 Å². The quantitative estimate of drug-likeness (QED) is 0.755. The van der Waals surface area contributed by atoms with Crippen LogP contribution in [0.3, 0.4) is 0 Å². The number of anilines is 1. The van der Waals surface area contributed by atoms with E-state index in [9.17, 15) is 18.0 Å². The van der Waals surface area contributed by atoms with Crippen LogP contribution in [0.25, 0.3) is 10.6 Å². The predicted molar refractivity (Wildman–Crippen MR) is 81.6 cm³/mol. The van der Waals surface area contributed by atoms with Gasteiger partial charge in [0, 0.05) is 5.56 Å². The number of hydrogen-bond donors (Lipinski definition) is 2. The van der Waals surface area contributed by atoms with E-state index in [1.54, 1.807) is 12.0 Å². The van der Waals surface area contributed by atoms with Gasteiger partial charge in [0.1, 0.15) is 9.88 Å². The third kappa shape index (κ3) is 3.27. The molecule has 0 spiro atoms. The first-order valence-electron chi connectivity index (χ1n) is 6.68. The van der Waals surface area contributed by atoms with Crippen molar-refractivity contribution in [1.82, 2.24) is 20.2 Å². The summed E-state index contributed by atoms with van der Waals surface area (Å²) < 4.78 is 37.4. The molecule has 0 fully saturated rings. The van der Waals surface area contributed by atoms with E-state index in [0.717, 1.165) is 16.9 Å². The lowest BCUT2D eigenvalue weighted by molar-refractivity contribution is -0.144. The highest BCUT2D eigenvalue weighted by Crippen LogP contribution is 2.29. The summed E-state index contributed by atoms with van der Waals surface area (Å²) in [6, 6.07) is 9.25. The third-order valence-corrected chi connectivity index (χ3v) is 4.21. The van der Waals surface area contributed by atoms with E-state index in [4.69, 9.17) is 0 Å². The van der Waals surface area contributed by atoms with Crippen molar-refractivity contribution in [3.63, 3.8) is 0 Å². The molecule has 0 aliphatic rings. The molecule has 0 atom stereocenters. The van der Waals surface area contributed by atoms with Crippen molar-refractivity contribution >= 4 is 23.2 Å². The Morgan fingerprint density at radius 1 is 1.21 bits per heavy atom. The summed E-state index contributed by atoms with van der Waals surface area (Å²) in [6.07, 6.45) is -4.66. The van der Waals surface area contributed by atoms with E-state index < -0.39 is 23.9 Å². The lowest BCUT2D eigenvalue weighted by Crippen LogP contribution is -2.13. The van der Waals surface area contributed by atoms with E-state index >= 15 is 0 Å². The second-order valence-electron chi connectivity index (χ2n) is 4.76. The Kier molecular flexibility index (Phi) is 4.06. The van der Waals surface area contributed by atoms with Crippen LogP contribution in [-0.2, 0) is 6.18 Å². The average Bonchev–Trinajstić information content (AvgIpc) is 3.14. The Labute approximate surface area is 137 Å². The fourth-order valence-electron chi connectivity index (χ4n) is 1.91. The maximum atomic E-state index is 12.5. The van der Waals surface area contributed by atoms with Crippen LogP contribution < -0.4 is 5.32 Å². The Bertz CT molecular complexity index is 872. The highest BCUT2D eigenvalue weighted by molar-refractivity contribution is 7.17. The van der Waals surface area contributed by atoms with E-state index in [1.165, 1.54) is 0 Å². The van der Waals surface area contributed by atoms with Crippen molar-refractivity contribution in [3.8, 4) is 10.6 Å². The standard InChI is InChI=1S/C14H10F3N5OS/c1-7-9(24-11(18-7)8-5-3-2-4-6-8)10(23)19-13-20-12(21-22-13)14(15,16)17/h2-6H,1H3,(H2,19,20,21,22,23). The lowest BCUT2D eigenvalue weighted by Gasteiger charge is -1.99. The highest BCUT2D eigenvalue weighted by Gasteiger charge is 2.35. The molecule has 0 unspecified atom stereocenters. The number of amides is 1. The number of nitrogens with one attached hydrogen (secondary N) is 2. The molecular formula is C14H10F3N5OS. The third-order valence-electron chi connectivity index (χ3n) is 3.00. The number of thiazole rings is 1. The summed E-state index contributed by atoms with van der Waals surface area (Å²) in [5, 5.41) is 7.95. The number of carbonyl (C=O) groups excluding carboxylic acids is 1. The van der Waals surface area contributed by atoms with Crippen molar-refractivity contribution < 1.29 is 18.0 Å². The summed E-state index contributed by atoms with van der Waals surface area (Å²) in [5.74, 6) is -2.33. The normalized spacial score (nSPS) is 11.5. The van der Waals surface area contributed by atoms with Gasteiger partial charge < -0.3 is 0 Å². The first kappa shape index (κ1) is 16.1. The Morgan fingerprint density at radius 2 is 1.92 bits per heavy atom. The minimum atomic E-state index is -4.66.